The molecule has 4 aliphatic carbocycles. The Bertz CT molecular complexity index is 868. The van der Waals surface area contributed by atoms with Crippen molar-refractivity contribution in [3.05, 3.63) is 36.0 Å². The number of nitrogens with zero attached hydrogens (tertiary/aromatic N) is 1. The van der Waals surface area contributed by atoms with Crippen LogP contribution in [0.25, 0.3) is 0 Å². The molecule has 0 radical (unpaired) electrons. The number of allylic oxidation sites excluding steroid dienone is 3. The summed E-state index contributed by atoms with van der Waals surface area (Å²) in [5.41, 5.74) is 13.8. The van der Waals surface area contributed by atoms with E-state index in [-0.39, 0.29) is 11.0 Å². The number of hydrogen-bond donors (Lipinski definition) is 2. The summed E-state index contributed by atoms with van der Waals surface area (Å²) >= 11 is 0. The van der Waals surface area contributed by atoms with Crippen molar-refractivity contribution < 1.29 is 0 Å². The first-order chi connectivity index (χ1) is 15.2. The predicted octanol–water partition coefficient (Wildman–Crippen LogP) is 5.97. The van der Waals surface area contributed by atoms with Crippen LogP contribution >= 0.6 is 0 Å². The van der Waals surface area contributed by atoms with Crippen molar-refractivity contribution in [1.29, 1.82) is 0 Å². The van der Waals surface area contributed by atoms with E-state index in [4.69, 9.17) is 10.7 Å². The Morgan fingerprint density at radius 2 is 1.91 bits per heavy atom. The Morgan fingerprint density at radius 3 is 2.66 bits per heavy atom. The van der Waals surface area contributed by atoms with Gasteiger partial charge in [0.1, 0.15) is 0 Å². The van der Waals surface area contributed by atoms with Gasteiger partial charge in [-0.1, -0.05) is 49.8 Å². The molecule has 0 spiro atoms. The van der Waals surface area contributed by atoms with Gasteiger partial charge in [-0.25, -0.2) is 0 Å². The summed E-state index contributed by atoms with van der Waals surface area (Å²) in [6.45, 7) is 17.9. The van der Waals surface area contributed by atoms with Gasteiger partial charge in [0.2, 0.25) is 0 Å². The van der Waals surface area contributed by atoms with Gasteiger partial charge >= 0.3 is 0 Å². The third-order valence-corrected chi connectivity index (χ3v) is 10.9. The maximum Gasteiger partial charge on any atom is 0.0406 e. The minimum absolute atomic E-state index is 0.0156. The van der Waals surface area contributed by atoms with Gasteiger partial charge in [0.25, 0.3) is 0 Å². The van der Waals surface area contributed by atoms with Crippen LogP contribution in [0.3, 0.4) is 0 Å². The van der Waals surface area contributed by atoms with Crippen molar-refractivity contribution in [3.63, 3.8) is 0 Å². The standard InChI is InChI=1S/C29H45N3/c1-19-8-13-27(4)22(18-19)9-15-29(30)25-7-6-23(28(25,5)14-10-26(27)29)21(3)31-17-12-24-20(2)11-16-32-24/h18,23-26,32H,1-2,6-17,30H2,3-5H3. The van der Waals surface area contributed by atoms with Gasteiger partial charge in [0.05, 0.1) is 0 Å². The van der Waals surface area contributed by atoms with Gasteiger partial charge in [-0.3, -0.25) is 4.99 Å². The van der Waals surface area contributed by atoms with E-state index in [0.29, 0.717) is 29.2 Å². The van der Waals surface area contributed by atoms with Crippen LogP contribution in [-0.2, 0) is 0 Å². The van der Waals surface area contributed by atoms with E-state index >= 15 is 0 Å². The van der Waals surface area contributed by atoms with Crippen molar-refractivity contribution >= 4 is 5.71 Å². The molecule has 0 aromatic carbocycles. The SMILES string of the molecule is C=C1C=C2CCC3(N)C(CCC4(C)C(C(C)=NCCC5NCCC5=C)CCC43)C2(C)CC1. The number of rotatable bonds is 4. The van der Waals surface area contributed by atoms with E-state index in [1.807, 2.05) is 0 Å². The van der Waals surface area contributed by atoms with Crippen molar-refractivity contribution in [2.45, 2.75) is 96.6 Å². The zero-order chi connectivity index (χ0) is 22.7. The Balaban J connectivity index is 1.34. The van der Waals surface area contributed by atoms with Crippen LogP contribution in [0.4, 0.5) is 0 Å². The van der Waals surface area contributed by atoms with E-state index in [0.717, 1.165) is 38.8 Å². The van der Waals surface area contributed by atoms with Gasteiger partial charge in [0, 0.05) is 29.8 Å². The van der Waals surface area contributed by atoms with Crippen molar-refractivity contribution in [2.24, 2.45) is 39.3 Å². The molecule has 7 unspecified atom stereocenters. The van der Waals surface area contributed by atoms with Gasteiger partial charge in [-0.2, -0.15) is 0 Å². The van der Waals surface area contributed by atoms with Crippen LogP contribution in [0.2, 0.25) is 0 Å². The summed E-state index contributed by atoms with van der Waals surface area (Å²) in [5.74, 6) is 1.85. The predicted molar refractivity (Wildman–Crippen MR) is 136 cm³/mol. The highest BCUT2D eigenvalue weighted by Gasteiger charge is 2.64. The molecular formula is C29H45N3. The van der Waals surface area contributed by atoms with E-state index in [9.17, 15) is 0 Å². The maximum absolute atomic E-state index is 7.51. The summed E-state index contributed by atoms with van der Waals surface area (Å²) in [5, 5.41) is 3.57. The van der Waals surface area contributed by atoms with Crippen LogP contribution < -0.4 is 11.1 Å². The Kier molecular flexibility index (Phi) is 5.61. The van der Waals surface area contributed by atoms with Gasteiger partial charge < -0.3 is 11.1 Å². The Hall–Kier alpha value is -1.19. The lowest BCUT2D eigenvalue weighted by Gasteiger charge is -2.63. The highest BCUT2D eigenvalue weighted by atomic mass is 14.9. The molecule has 7 atom stereocenters. The first-order valence-electron chi connectivity index (χ1n) is 13.3. The second kappa shape index (κ2) is 7.94. The molecular weight excluding hydrogens is 390 g/mol. The average molecular weight is 436 g/mol. The molecule has 5 rings (SSSR count). The molecule has 0 amide bonds. The third kappa shape index (κ3) is 3.33. The van der Waals surface area contributed by atoms with E-state index < -0.39 is 0 Å². The quantitative estimate of drug-likeness (QED) is 0.422. The molecule has 3 heteroatoms. The van der Waals surface area contributed by atoms with Crippen LogP contribution in [0.5, 0.6) is 0 Å². The highest BCUT2D eigenvalue weighted by molar-refractivity contribution is 5.85. The van der Waals surface area contributed by atoms with E-state index in [1.165, 1.54) is 55.4 Å². The lowest BCUT2D eigenvalue weighted by molar-refractivity contribution is -0.0623. The minimum atomic E-state index is -0.0156. The fourth-order valence-corrected chi connectivity index (χ4v) is 9.06. The van der Waals surface area contributed by atoms with Gasteiger partial charge in [0.15, 0.2) is 0 Å². The van der Waals surface area contributed by atoms with Gasteiger partial charge in [-0.05, 0) is 100 Å². The highest BCUT2D eigenvalue weighted by Crippen LogP contribution is 2.67. The first-order valence-corrected chi connectivity index (χ1v) is 13.3. The number of hydrogen-bond acceptors (Lipinski definition) is 3. The summed E-state index contributed by atoms with van der Waals surface area (Å²) < 4.78 is 0. The normalized spacial score (nSPS) is 46.5. The lowest BCUT2D eigenvalue weighted by Crippen LogP contribution is -2.66. The van der Waals surface area contributed by atoms with E-state index in [1.54, 1.807) is 5.57 Å². The average Bonchev–Trinajstić information content (AvgIpc) is 3.32. The molecule has 0 bridgehead atoms. The molecule has 1 saturated heterocycles. The number of fused-ring (bicyclic) bond motifs is 5. The molecule has 0 aromatic heterocycles. The second-order valence-electron chi connectivity index (χ2n) is 12.4. The van der Waals surface area contributed by atoms with E-state index in [2.05, 4.69) is 45.3 Å². The number of aliphatic imine (C=N–C) groups is 1. The van der Waals surface area contributed by atoms with Crippen molar-refractivity contribution in [3.8, 4) is 0 Å². The van der Waals surface area contributed by atoms with Crippen molar-refractivity contribution in [1.82, 2.24) is 5.32 Å². The fraction of sp³-hybridized carbons (Fsp3) is 0.759. The third-order valence-electron chi connectivity index (χ3n) is 10.9. The number of nitrogens with two attached hydrogens (primary N) is 1. The lowest BCUT2D eigenvalue weighted by atomic mass is 9.43. The van der Waals surface area contributed by atoms with Crippen LogP contribution in [0.15, 0.2) is 40.9 Å². The minimum Gasteiger partial charge on any atom is -0.325 e. The largest absolute Gasteiger partial charge is 0.325 e. The van der Waals surface area contributed by atoms with Crippen LogP contribution in [-0.4, -0.2) is 30.4 Å². The molecule has 32 heavy (non-hydrogen) atoms. The van der Waals surface area contributed by atoms with Gasteiger partial charge in [-0.15, -0.1) is 0 Å². The maximum atomic E-state index is 7.51. The molecule has 3 N–H and O–H groups in total. The zero-order valence-corrected chi connectivity index (χ0v) is 20.8. The molecule has 4 fully saturated rings. The summed E-state index contributed by atoms with van der Waals surface area (Å²) in [4.78, 5) is 5.13. The molecule has 0 aromatic rings. The smallest absolute Gasteiger partial charge is 0.0406 e. The fourth-order valence-electron chi connectivity index (χ4n) is 9.06. The molecule has 3 saturated carbocycles. The molecule has 1 heterocycles. The number of nitrogens with one attached hydrogen (secondary N) is 1. The Morgan fingerprint density at radius 1 is 1.09 bits per heavy atom. The molecule has 3 nitrogen and oxygen atoms in total. The second-order valence-corrected chi connectivity index (χ2v) is 12.4. The molecule has 176 valence electrons. The Labute approximate surface area is 196 Å². The zero-order valence-electron chi connectivity index (χ0n) is 20.8. The van der Waals surface area contributed by atoms with Crippen LogP contribution in [0, 0.1) is 28.6 Å². The summed E-state index contributed by atoms with van der Waals surface area (Å²) in [7, 11) is 0. The first kappa shape index (κ1) is 22.6. The topological polar surface area (TPSA) is 50.4 Å². The summed E-state index contributed by atoms with van der Waals surface area (Å²) in [6.07, 6.45) is 14.5. The monoisotopic (exact) mass is 435 g/mol. The molecule has 1 aliphatic heterocycles. The van der Waals surface area contributed by atoms with Crippen molar-refractivity contribution in [2.75, 3.05) is 13.1 Å². The molecule has 5 aliphatic rings. The summed E-state index contributed by atoms with van der Waals surface area (Å²) in [6, 6.07) is 0.470. The van der Waals surface area contributed by atoms with Crippen LogP contribution in [0.1, 0.15) is 85.0 Å².